The first-order valence-electron chi connectivity index (χ1n) is 5.91. The van der Waals surface area contributed by atoms with E-state index in [0.717, 1.165) is 25.7 Å². The molecule has 106 valence electrons. The van der Waals surface area contributed by atoms with Crippen LogP contribution in [-0.2, 0) is 9.59 Å². The third-order valence-corrected chi connectivity index (χ3v) is 2.36. The fourth-order valence-electron chi connectivity index (χ4n) is 1.41. The third-order valence-electron chi connectivity index (χ3n) is 2.36. The summed E-state index contributed by atoms with van der Waals surface area (Å²) in [6, 6.07) is 0. The maximum Gasteiger partial charge on any atom is 0.471 e. The number of halogens is 3. The molecule has 4 nitrogen and oxygen atoms in total. The van der Waals surface area contributed by atoms with E-state index in [-0.39, 0.29) is 13.0 Å². The molecule has 0 radical (unpaired) electrons. The van der Waals surface area contributed by atoms with Gasteiger partial charge in [-0.2, -0.15) is 13.2 Å². The molecule has 0 aliphatic carbocycles. The number of rotatable bonds is 9. The minimum absolute atomic E-state index is 0.0213. The fraction of sp³-hybridized carbons (Fsp3) is 0.818. The van der Waals surface area contributed by atoms with Crippen LogP contribution >= 0.6 is 0 Å². The highest BCUT2D eigenvalue weighted by Crippen LogP contribution is 2.14. The molecule has 2 N–H and O–H groups in total. The highest BCUT2D eigenvalue weighted by Gasteiger charge is 2.38. The lowest BCUT2D eigenvalue weighted by Crippen LogP contribution is -2.37. The van der Waals surface area contributed by atoms with E-state index in [0.29, 0.717) is 12.8 Å². The monoisotopic (exact) mass is 269 g/mol. The Labute approximate surface area is 104 Å². The Morgan fingerprint density at radius 2 is 1.44 bits per heavy atom. The van der Waals surface area contributed by atoms with Gasteiger partial charge in [-0.3, -0.25) is 9.59 Å². The van der Waals surface area contributed by atoms with Crippen molar-refractivity contribution in [2.24, 2.45) is 0 Å². The van der Waals surface area contributed by atoms with Crippen molar-refractivity contribution in [2.75, 3.05) is 6.54 Å². The predicted octanol–water partition coefficient (Wildman–Crippen LogP) is 2.48. The number of alkyl halides is 3. The number of nitrogens with one attached hydrogen (secondary N) is 1. The molecule has 0 aromatic heterocycles. The first-order valence-corrected chi connectivity index (χ1v) is 5.91. The number of carboxylic acid groups (broad SMARTS) is 1. The van der Waals surface area contributed by atoms with Gasteiger partial charge in [0.25, 0.3) is 0 Å². The van der Waals surface area contributed by atoms with Gasteiger partial charge in [-0.15, -0.1) is 0 Å². The van der Waals surface area contributed by atoms with E-state index in [9.17, 15) is 22.8 Å². The summed E-state index contributed by atoms with van der Waals surface area (Å²) in [7, 11) is 0. The fourth-order valence-corrected chi connectivity index (χ4v) is 1.41. The zero-order valence-electron chi connectivity index (χ0n) is 10.1. The summed E-state index contributed by atoms with van der Waals surface area (Å²) < 4.78 is 35.3. The Kier molecular flexibility index (Phi) is 8.15. The lowest BCUT2D eigenvalue weighted by Gasteiger charge is -2.07. The van der Waals surface area contributed by atoms with Gasteiger partial charge in [0.15, 0.2) is 0 Å². The predicted molar refractivity (Wildman–Crippen MR) is 59.0 cm³/mol. The maximum absolute atomic E-state index is 11.8. The number of carbonyl (C=O) groups excluding carboxylic acids is 1. The van der Waals surface area contributed by atoms with E-state index in [1.54, 1.807) is 5.32 Å². The van der Waals surface area contributed by atoms with Crippen LogP contribution in [0.3, 0.4) is 0 Å². The molecule has 0 fully saturated rings. The molecular weight excluding hydrogens is 251 g/mol. The zero-order valence-corrected chi connectivity index (χ0v) is 10.1. The minimum atomic E-state index is -4.81. The Balaban J connectivity index is 3.27. The van der Waals surface area contributed by atoms with Crippen LogP contribution in [0.1, 0.15) is 44.9 Å². The van der Waals surface area contributed by atoms with E-state index in [1.165, 1.54) is 0 Å². The topological polar surface area (TPSA) is 66.4 Å². The largest absolute Gasteiger partial charge is 0.481 e. The normalized spacial score (nSPS) is 11.3. The molecule has 7 heteroatoms. The van der Waals surface area contributed by atoms with Gasteiger partial charge in [-0.1, -0.05) is 25.7 Å². The van der Waals surface area contributed by atoms with Gasteiger partial charge < -0.3 is 10.4 Å². The number of hydrogen-bond donors (Lipinski definition) is 2. The molecule has 0 atom stereocenters. The molecule has 0 spiro atoms. The van der Waals surface area contributed by atoms with E-state index in [2.05, 4.69) is 0 Å². The molecule has 0 aliphatic rings. The summed E-state index contributed by atoms with van der Waals surface area (Å²) in [4.78, 5) is 20.6. The van der Waals surface area contributed by atoms with E-state index in [1.807, 2.05) is 0 Å². The average Bonchev–Trinajstić information content (AvgIpc) is 2.24. The number of carbonyl (C=O) groups is 2. The Morgan fingerprint density at radius 1 is 0.944 bits per heavy atom. The van der Waals surface area contributed by atoms with Crippen LogP contribution in [-0.4, -0.2) is 29.7 Å². The molecular formula is C11H18F3NO3. The Morgan fingerprint density at radius 3 is 1.94 bits per heavy atom. The van der Waals surface area contributed by atoms with Crippen LogP contribution in [0.2, 0.25) is 0 Å². The third kappa shape index (κ3) is 9.92. The second-order valence-electron chi connectivity index (χ2n) is 4.02. The van der Waals surface area contributed by atoms with E-state index >= 15 is 0 Å². The second kappa shape index (κ2) is 8.77. The van der Waals surface area contributed by atoms with Crippen molar-refractivity contribution in [3.63, 3.8) is 0 Å². The van der Waals surface area contributed by atoms with Gasteiger partial charge in [-0.25, -0.2) is 0 Å². The highest BCUT2D eigenvalue weighted by molar-refractivity contribution is 5.81. The van der Waals surface area contributed by atoms with Crippen molar-refractivity contribution >= 4 is 11.9 Å². The molecule has 0 heterocycles. The lowest BCUT2D eigenvalue weighted by molar-refractivity contribution is -0.173. The molecule has 0 saturated carbocycles. The summed E-state index contributed by atoms with van der Waals surface area (Å²) in [5, 5.41) is 10.2. The van der Waals surface area contributed by atoms with E-state index < -0.39 is 18.1 Å². The standard InChI is InChI=1S/C11H18F3NO3/c12-11(13,14)10(18)15-8-6-4-2-1-3-5-7-9(16)17/h1-8H2,(H,15,18)(H,16,17). The summed E-state index contributed by atoms with van der Waals surface area (Å²) >= 11 is 0. The Bertz CT molecular complexity index is 267. The quantitative estimate of drug-likeness (QED) is 0.632. The Hall–Kier alpha value is -1.27. The highest BCUT2D eigenvalue weighted by atomic mass is 19.4. The number of carboxylic acids is 1. The smallest absolute Gasteiger partial charge is 0.471 e. The van der Waals surface area contributed by atoms with Gasteiger partial charge in [0, 0.05) is 13.0 Å². The maximum atomic E-state index is 11.8. The SMILES string of the molecule is O=C(O)CCCCCCCCNC(=O)C(F)(F)F. The van der Waals surface area contributed by atoms with Crippen LogP contribution in [0.25, 0.3) is 0 Å². The summed E-state index contributed by atoms with van der Waals surface area (Å²) in [5.41, 5.74) is 0. The number of unbranched alkanes of at least 4 members (excludes halogenated alkanes) is 5. The minimum Gasteiger partial charge on any atom is -0.481 e. The molecule has 0 aromatic rings. The first kappa shape index (κ1) is 16.7. The van der Waals surface area contributed by atoms with Crippen LogP contribution < -0.4 is 5.32 Å². The van der Waals surface area contributed by atoms with Crippen molar-refractivity contribution in [2.45, 2.75) is 51.1 Å². The van der Waals surface area contributed by atoms with Crippen LogP contribution in [0.4, 0.5) is 13.2 Å². The van der Waals surface area contributed by atoms with Crippen molar-refractivity contribution in [3.8, 4) is 0 Å². The number of amides is 1. The van der Waals surface area contributed by atoms with Crippen molar-refractivity contribution in [1.29, 1.82) is 0 Å². The summed E-state index contributed by atoms with van der Waals surface area (Å²) in [5.74, 6) is -2.71. The van der Waals surface area contributed by atoms with Gasteiger partial charge in [0.2, 0.25) is 0 Å². The lowest BCUT2D eigenvalue weighted by atomic mass is 10.1. The molecule has 1 amide bonds. The van der Waals surface area contributed by atoms with Crippen LogP contribution in [0.5, 0.6) is 0 Å². The molecule has 0 rings (SSSR count). The van der Waals surface area contributed by atoms with Gasteiger partial charge in [0.1, 0.15) is 0 Å². The number of aliphatic carboxylic acids is 1. The van der Waals surface area contributed by atoms with E-state index in [4.69, 9.17) is 5.11 Å². The molecule has 0 aromatic carbocycles. The van der Waals surface area contributed by atoms with Crippen LogP contribution in [0, 0.1) is 0 Å². The van der Waals surface area contributed by atoms with Gasteiger partial charge in [0.05, 0.1) is 0 Å². The molecule has 0 saturated heterocycles. The van der Waals surface area contributed by atoms with Gasteiger partial charge in [-0.05, 0) is 12.8 Å². The summed E-state index contributed by atoms with van der Waals surface area (Å²) in [6.07, 6.45) is -0.298. The van der Waals surface area contributed by atoms with Crippen molar-refractivity contribution in [3.05, 3.63) is 0 Å². The summed E-state index contributed by atoms with van der Waals surface area (Å²) in [6.45, 7) is 0.0213. The van der Waals surface area contributed by atoms with Crippen molar-refractivity contribution in [1.82, 2.24) is 5.32 Å². The number of hydrogen-bond acceptors (Lipinski definition) is 2. The molecule has 0 unspecified atom stereocenters. The first-order chi connectivity index (χ1) is 8.34. The molecule has 18 heavy (non-hydrogen) atoms. The second-order valence-corrected chi connectivity index (χ2v) is 4.02. The van der Waals surface area contributed by atoms with Crippen molar-refractivity contribution < 1.29 is 27.9 Å². The zero-order chi connectivity index (χ0) is 14.0. The van der Waals surface area contributed by atoms with Gasteiger partial charge >= 0.3 is 18.1 Å². The average molecular weight is 269 g/mol. The molecule has 0 bridgehead atoms. The molecule has 0 aliphatic heterocycles. The van der Waals surface area contributed by atoms with Crippen LogP contribution in [0.15, 0.2) is 0 Å².